The predicted octanol–water partition coefficient (Wildman–Crippen LogP) is 5.59. The number of para-hydroxylation sites is 2. The summed E-state index contributed by atoms with van der Waals surface area (Å²) in [5.74, 6) is 0.133. The number of nitrogens with zero attached hydrogens (tertiary/aromatic N) is 3. The lowest BCUT2D eigenvalue weighted by molar-refractivity contribution is 0.0952. The van der Waals surface area contributed by atoms with Gasteiger partial charge in [0.2, 0.25) is 0 Å². The van der Waals surface area contributed by atoms with Crippen LogP contribution in [-0.2, 0) is 6.61 Å². The number of hydrazone groups is 1. The zero-order chi connectivity index (χ0) is 25.5. The molecule has 0 saturated carbocycles. The summed E-state index contributed by atoms with van der Waals surface area (Å²) in [6.07, 6.45) is 3.39. The molecule has 37 heavy (non-hydrogen) atoms. The second-order valence-corrected chi connectivity index (χ2v) is 8.23. The molecule has 0 aliphatic rings. The molecule has 1 amide bonds. The molecule has 0 saturated heterocycles. The van der Waals surface area contributed by atoms with Gasteiger partial charge in [0, 0.05) is 17.3 Å². The standard InChI is InChI=1S/C30H24N4O3/c35-28-14-8-7-13-27(28)30(36)32-31-19-24-20-34(25-11-5-2-6-12-25)33-29(24)23-15-17-26(18-16-23)37-21-22-9-3-1-4-10-22/h1-20,35H,21H2,(H,32,36). The summed E-state index contributed by atoms with van der Waals surface area (Å²) in [5.41, 5.74) is 6.88. The third-order valence-electron chi connectivity index (χ3n) is 5.66. The molecule has 0 fully saturated rings. The molecule has 5 rings (SSSR count). The van der Waals surface area contributed by atoms with Crippen molar-refractivity contribution in [1.29, 1.82) is 0 Å². The summed E-state index contributed by atoms with van der Waals surface area (Å²) in [6.45, 7) is 0.484. The van der Waals surface area contributed by atoms with Crippen LogP contribution in [0.4, 0.5) is 0 Å². The maximum Gasteiger partial charge on any atom is 0.275 e. The van der Waals surface area contributed by atoms with Gasteiger partial charge in [-0.25, -0.2) is 10.1 Å². The molecule has 0 atom stereocenters. The van der Waals surface area contributed by atoms with Crippen molar-refractivity contribution in [2.75, 3.05) is 0 Å². The Kier molecular flexibility index (Phi) is 7.04. The first kappa shape index (κ1) is 23.6. The van der Waals surface area contributed by atoms with E-state index in [0.717, 1.165) is 22.6 Å². The van der Waals surface area contributed by atoms with Gasteiger partial charge in [-0.15, -0.1) is 0 Å². The normalized spacial score (nSPS) is 10.9. The number of aromatic hydroxyl groups is 1. The molecule has 182 valence electrons. The summed E-state index contributed by atoms with van der Waals surface area (Å²) in [7, 11) is 0. The summed E-state index contributed by atoms with van der Waals surface area (Å²) < 4.78 is 7.68. The number of benzene rings is 4. The van der Waals surface area contributed by atoms with Crippen LogP contribution in [0, 0.1) is 0 Å². The first-order chi connectivity index (χ1) is 18.2. The van der Waals surface area contributed by atoms with Crippen LogP contribution in [0.15, 0.2) is 120 Å². The molecular formula is C30H24N4O3. The highest BCUT2D eigenvalue weighted by Crippen LogP contribution is 2.25. The fourth-order valence-electron chi connectivity index (χ4n) is 3.76. The van der Waals surface area contributed by atoms with Crippen molar-refractivity contribution >= 4 is 12.1 Å². The predicted molar refractivity (Wildman–Crippen MR) is 143 cm³/mol. The SMILES string of the molecule is O=C(NN=Cc1cn(-c2ccccc2)nc1-c1ccc(OCc2ccccc2)cc1)c1ccccc1O. The van der Waals surface area contributed by atoms with Crippen LogP contribution in [0.3, 0.4) is 0 Å². The molecule has 2 N–H and O–H groups in total. The third-order valence-corrected chi connectivity index (χ3v) is 5.66. The van der Waals surface area contributed by atoms with E-state index in [4.69, 9.17) is 9.84 Å². The monoisotopic (exact) mass is 488 g/mol. The van der Waals surface area contributed by atoms with E-state index in [2.05, 4.69) is 10.5 Å². The summed E-state index contributed by atoms with van der Waals surface area (Å²) in [6, 6.07) is 33.7. The molecule has 0 aliphatic carbocycles. The van der Waals surface area contributed by atoms with Crippen molar-refractivity contribution in [3.05, 3.63) is 132 Å². The Morgan fingerprint density at radius 3 is 2.30 bits per heavy atom. The van der Waals surface area contributed by atoms with Gasteiger partial charge in [-0.05, 0) is 54.1 Å². The van der Waals surface area contributed by atoms with Gasteiger partial charge in [-0.1, -0.05) is 60.7 Å². The molecule has 0 unspecified atom stereocenters. The highest BCUT2D eigenvalue weighted by atomic mass is 16.5. The first-order valence-corrected chi connectivity index (χ1v) is 11.7. The lowest BCUT2D eigenvalue weighted by atomic mass is 10.1. The van der Waals surface area contributed by atoms with Gasteiger partial charge in [-0.2, -0.15) is 10.2 Å². The van der Waals surface area contributed by atoms with Crippen LogP contribution in [0.5, 0.6) is 11.5 Å². The second kappa shape index (κ2) is 11.0. The van der Waals surface area contributed by atoms with E-state index in [9.17, 15) is 9.90 Å². The fourth-order valence-corrected chi connectivity index (χ4v) is 3.76. The lowest BCUT2D eigenvalue weighted by Gasteiger charge is -2.07. The number of amides is 1. The molecule has 0 spiro atoms. The smallest absolute Gasteiger partial charge is 0.275 e. The zero-order valence-corrected chi connectivity index (χ0v) is 19.9. The molecule has 0 bridgehead atoms. The minimum atomic E-state index is -0.508. The molecular weight excluding hydrogens is 464 g/mol. The Bertz CT molecular complexity index is 1510. The fraction of sp³-hybridized carbons (Fsp3) is 0.0333. The highest BCUT2D eigenvalue weighted by molar-refractivity contribution is 5.97. The number of carbonyl (C=O) groups is 1. The number of hydrogen-bond acceptors (Lipinski definition) is 5. The average Bonchev–Trinajstić information content (AvgIpc) is 3.37. The maximum absolute atomic E-state index is 12.4. The van der Waals surface area contributed by atoms with Crippen molar-refractivity contribution in [1.82, 2.24) is 15.2 Å². The van der Waals surface area contributed by atoms with Gasteiger partial charge in [0.25, 0.3) is 5.91 Å². The topological polar surface area (TPSA) is 88.7 Å². The molecule has 0 radical (unpaired) electrons. The Labute approximate surface area is 214 Å². The number of carbonyl (C=O) groups excluding carboxylic acids is 1. The van der Waals surface area contributed by atoms with Gasteiger partial charge in [-0.3, -0.25) is 4.79 Å². The van der Waals surface area contributed by atoms with Crippen molar-refractivity contribution in [3.63, 3.8) is 0 Å². The van der Waals surface area contributed by atoms with Gasteiger partial charge < -0.3 is 9.84 Å². The van der Waals surface area contributed by atoms with Crippen molar-refractivity contribution < 1.29 is 14.6 Å². The summed E-state index contributed by atoms with van der Waals surface area (Å²) in [5, 5.41) is 18.8. The minimum absolute atomic E-state index is 0.109. The third kappa shape index (κ3) is 5.74. The van der Waals surface area contributed by atoms with Crippen molar-refractivity contribution in [2.45, 2.75) is 6.61 Å². The van der Waals surface area contributed by atoms with E-state index in [0.29, 0.717) is 17.9 Å². The van der Waals surface area contributed by atoms with Crippen LogP contribution < -0.4 is 10.2 Å². The van der Waals surface area contributed by atoms with Crippen LogP contribution in [0.1, 0.15) is 21.5 Å². The first-order valence-electron chi connectivity index (χ1n) is 11.7. The molecule has 4 aromatic carbocycles. The van der Waals surface area contributed by atoms with E-state index in [-0.39, 0.29) is 11.3 Å². The highest BCUT2D eigenvalue weighted by Gasteiger charge is 2.13. The number of rotatable bonds is 8. The maximum atomic E-state index is 12.4. The number of phenolic OH excluding ortho intramolecular Hbond substituents is 1. The van der Waals surface area contributed by atoms with Gasteiger partial charge in [0.1, 0.15) is 23.8 Å². The Balaban J connectivity index is 1.38. The van der Waals surface area contributed by atoms with E-state index in [1.807, 2.05) is 91.1 Å². The number of phenols is 1. The molecule has 7 heteroatoms. The van der Waals surface area contributed by atoms with Crippen LogP contribution >= 0.6 is 0 Å². The number of aromatic nitrogens is 2. The van der Waals surface area contributed by atoms with Crippen LogP contribution in [-0.4, -0.2) is 27.0 Å². The largest absolute Gasteiger partial charge is 0.507 e. The minimum Gasteiger partial charge on any atom is -0.507 e. The van der Waals surface area contributed by atoms with Gasteiger partial charge in [0.05, 0.1) is 17.5 Å². The quantitative estimate of drug-likeness (QED) is 0.220. The zero-order valence-electron chi connectivity index (χ0n) is 19.9. The van der Waals surface area contributed by atoms with Crippen LogP contribution in [0.25, 0.3) is 16.9 Å². The molecule has 5 aromatic rings. The van der Waals surface area contributed by atoms with E-state index in [1.54, 1.807) is 23.0 Å². The lowest BCUT2D eigenvalue weighted by Crippen LogP contribution is -2.17. The Morgan fingerprint density at radius 1 is 0.892 bits per heavy atom. The number of hydrogen-bond donors (Lipinski definition) is 2. The Morgan fingerprint density at radius 2 is 1.57 bits per heavy atom. The van der Waals surface area contributed by atoms with Crippen molar-refractivity contribution in [3.8, 4) is 28.4 Å². The van der Waals surface area contributed by atoms with Gasteiger partial charge >= 0.3 is 0 Å². The van der Waals surface area contributed by atoms with Crippen molar-refractivity contribution in [2.24, 2.45) is 5.10 Å². The second-order valence-electron chi connectivity index (χ2n) is 8.23. The number of ether oxygens (including phenoxy) is 1. The van der Waals surface area contributed by atoms with E-state index < -0.39 is 5.91 Å². The molecule has 1 aromatic heterocycles. The Hall–Kier alpha value is -5.17. The summed E-state index contributed by atoms with van der Waals surface area (Å²) in [4.78, 5) is 12.4. The number of nitrogens with one attached hydrogen (secondary N) is 1. The van der Waals surface area contributed by atoms with E-state index in [1.165, 1.54) is 12.1 Å². The molecule has 7 nitrogen and oxygen atoms in total. The van der Waals surface area contributed by atoms with Crippen LogP contribution in [0.2, 0.25) is 0 Å². The van der Waals surface area contributed by atoms with E-state index >= 15 is 0 Å². The summed E-state index contributed by atoms with van der Waals surface area (Å²) >= 11 is 0. The average molecular weight is 489 g/mol. The van der Waals surface area contributed by atoms with Gasteiger partial charge in [0.15, 0.2) is 0 Å². The molecule has 0 aliphatic heterocycles. The molecule has 1 heterocycles.